The van der Waals surface area contributed by atoms with E-state index in [1.54, 1.807) is 36.4 Å². The summed E-state index contributed by atoms with van der Waals surface area (Å²) in [4.78, 5) is 24.6. The topological polar surface area (TPSA) is 86.2 Å². The minimum absolute atomic E-state index is 0. The highest BCUT2D eigenvalue weighted by atomic mass is 79.9. The fourth-order valence-electron chi connectivity index (χ4n) is 2.23. The van der Waals surface area contributed by atoms with Gasteiger partial charge in [0, 0.05) is 16.7 Å². The molecule has 0 saturated carbocycles. The number of benzene rings is 2. The quantitative estimate of drug-likeness (QED) is 0.622. The Balaban J connectivity index is 0.00000133. The number of hydrogen-bond donors (Lipinski definition) is 2. The molecule has 0 unspecified atom stereocenters. The van der Waals surface area contributed by atoms with Crippen LogP contribution in [-0.4, -0.2) is 11.6 Å². The fourth-order valence-corrected chi connectivity index (χ4v) is 2.23. The van der Waals surface area contributed by atoms with Crippen molar-refractivity contribution in [3.05, 3.63) is 58.7 Å². The lowest BCUT2D eigenvalue weighted by molar-refractivity contribution is 0.0980. The maximum atomic E-state index is 12.3. The van der Waals surface area contributed by atoms with E-state index >= 15 is 0 Å². The molecule has 5 heteroatoms. The van der Waals surface area contributed by atoms with Crippen molar-refractivity contribution in [2.45, 2.75) is 0 Å². The molecule has 3 rings (SSSR count). The molecule has 0 aromatic heterocycles. The van der Waals surface area contributed by atoms with E-state index in [0.717, 1.165) is 0 Å². The zero-order valence-electron chi connectivity index (χ0n) is 9.84. The Bertz CT molecular complexity index is 711. The molecule has 0 spiro atoms. The van der Waals surface area contributed by atoms with Crippen molar-refractivity contribution < 1.29 is 9.59 Å². The van der Waals surface area contributed by atoms with Crippen LogP contribution in [0.25, 0.3) is 0 Å². The van der Waals surface area contributed by atoms with E-state index in [1.807, 2.05) is 0 Å². The van der Waals surface area contributed by atoms with Gasteiger partial charge in [-0.3, -0.25) is 9.59 Å². The molecule has 1 aliphatic rings. The van der Waals surface area contributed by atoms with Gasteiger partial charge in [-0.1, -0.05) is 24.3 Å². The van der Waals surface area contributed by atoms with E-state index in [9.17, 15) is 9.59 Å². The van der Waals surface area contributed by atoms with E-state index in [2.05, 4.69) is 0 Å². The second-order valence-corrected chi connectivity index (χ2v) is 4.19. The molecule has 0 fully saturated rings. The number of ketones is 2. The monoisotopic (exact) mass is 318 g/mol. The van der Waals surface area contributed by atoms with Crippen LogP contribution in [0.1, 0.15) is 31.8 Å². The Kier molecular flexibility index (Phi) is 3.16. The summed E-state index contributed by atoms with van der Waals surface area (Å²) >= 11 is 0. The molecule has 0 amide bonds. The van der Waals surface area contributed by atoms with Crippen LogP contribution in [0.2, 0.25) is 0 Å². The lowest BCUT2D eigenvalue weighted by Crippen LogP contribution is -2.22. The molecule has 4 nitrogen and oxygen atoms in total. The number of fused-ring (bicyclic) bond motifs is 2. The molecule has 0 heterocycles. The molecular weight excluding hydrogens is 308 g/mol. The van der Waals surface area contributed by atoms with Crippen LogP contribution in [0.3, 0.4) is 0 Å². The zero-order valence-corrected chi connectivity index (χ0v) is 11.6. The van der Waals surface area contributed by atoms with Gasteiger partial charge in [-0.25, -0.2) is 0 Å². The molecule has 2 aromatic carbocycles. The maximum Gasteiger partial charge on any atom is 0.196 e. The summed E-state index contributed by atoms with van der Waals surface area (Å²) in [5, 5.41) is 0. The van der Waals surface area contributed by atoms with E-state index < -0.39 is 0 Å². The van der Waals surface area contributed by atoms with Gasteiger partial charge in [-0.05, 0) is 12.1 Å². The van der Waals surface area contributed by atoms with E-state index in [-0.39, 0.29) is 39.8 Å². The first-order valence-electron chi connectivity index (χ1n) is 5.47. The zero-order chi connectivity index (χ0) is 12.9. The van der Waals surface area contributed by atoms with Crippen molar-refractivity contribution in [3.8, 4) is 0 Å². The Morgan fingerprint density at radius 2 is 1.32 bits per heavy atom. The number of carbonyl (C=O) groups is 2. The van der Waals surface area contributed by atoms with Gasteiger partial charge in [0.05, 0.1) is 16.9 Å². The molecule has 19 heavy (non-hydrogen) atoms. The van der Waals surface area contributed by atoms with Crippen molar-refractivity contribution in [3.63, 3.8) is 0 Å². The summed E-state index contributed by atoms with van der Waals surface area (Å²) in [5.74, 6) is -0.433. The number of halogens is 1. The largest absolute Gasteiger partial charge is 0.397 e. The third-order valence-electron chi connectivity index (χ3n) is 3.17. The van der Waals surface area contributed by atoms with Crippen LogP contribution in [0.15, 0.2) is 36.4 Å². The Morgan fingerprint density at radius 1 is 0.737 bits per heavy atom. The first-order chi connectivity index (χ1) is 8.61. The van der Waals surface area contributed by atoms with E-state index in [1.165, 1.54) is 0 Å². The van der Waals surface area contributed by atoms with Crippen molar-refractivity contribution in [1.82, 2.24) is 0 Å². The SMILES string of the molecule is Br.Nc1ccc2c(c1N)C(=O)c1ccccc1C2=O. The lowest BCUT2D eigenvalue weighted by atomic mass is 9.83. The number of nitrogen functional groups attached to an aromatic ring is 2. The first-order valence-corrected chi connectivity index (χ1v) is 5.47. The van der Waals surface area contributed by atoms with Crippen LogP contribution < -0.4 is 11.5 Å². The molecule has 0 bridgehead atoms. The van der Waals surface area contributed by atoms with Crippen LogP contribution in [-0.2, 0) is 0 Å². The van der Waals surface area contributed by atoms with Crippen molar-refractivity contribution in [2.75, 3.05) is 11.5 Å². The van der Waals surface area contributed by atoms with E-state index in [4.69, 9.17) is 11.5 Å². The molecule has 0 saturated heterocycles. The third-order valence-corrected chi connectivity index (χ3v) is 3.17. The molecule has 0 atom stereocenters. The summed E-state index contributed by atoms with van der Waals surface area (Å²) < 4.78 is 0. The highest BCUT2D eigenvalue weighted by molar-refractivity contribution is 8.93. The fraction of sp³-hybridized carbons (Fsp3) is 0. The highest BCUT2D eigenvalue weighted by Crippen LogP contribution is 2.33. The summed E-state index contributed by atoms with van der Waals surface area (Å²) in [7, 11) is 0. The predicted octanol–water partition coefficient (Wildman–Crippen LogP) is 2.20. The van der Waals surface area contributed by atoms with Gasteiger partial charge in [0.2, 0.25) is 0 Å². The second-order valence-electron chi connectivity index (χ2n) is 4.19. The van der Waals surface area contributed by atoms with Gasteiger partial charge in [-0.15, -0.1) is 17.0 Å². The predicted molar refractivity (Wildman–Crippen MR) is 78.9 cm³/mol. The van der Waals surface area contributed by atoms with E-state index in [0.29, 0.717) is 22.4 Å². The third kappa shape index (κ3) is 1.74. The van der Waals surface area contributed by atoms with Gasteiger partial charge < -0.3 is 11.5 Å². The Hall–Kier alpha value is -2.14. The van der Waals surface area contributed by atoms with Crippen LogP contribution >= 0.6 is 17.0 Å². The second kappa shape index (κ2) is 4.51. The minimum Gasteiger partial charge on any atom is -0.397 e. The minimum atomic E-state index is -0.245. The summed E-state index contributed by atoms with van der Waals surface area (Å²) in [6, 6.07) is 9.82. The number of nitrogens with two attached hydrogens (primary N) is 2. The van der Waals surface area contributed by atoms with Crippen LogP contribution in [0.4, 0.5) is 11.4 Å². The van der Waals surface area contributed by atoms with Crippen LogP contribution in [0.5, 0.6) is 0 Å². The normalized spacial score (nSPS) is 12.4. The van der Waals surface area contributed by atoms with Gasteiger partial charge in [0.25, 0.3) is 0 Å². The molecule has 0 aliphatic heterocycles. The number of rotatable bonds is 0. The smallest absolute Gasteiger partial charge is 0.196 e. The molecule has 2 aromatic rings. The van der Waals surface area contributed by atoms with Crippen molar-refractivity contribution >= 4 is 39.9 Å². The van der Waals surface area contributed by atoms with Gasteiger partial charge in [0.15, 0.2) is 11.6 Å². The van der Waals surface area contributed by atoms with Gasteiger partial charge >= 0.3 is 0 Å². The number of anilines is 2. The number of carbonyl (C=O) groups excluding carboxylic acids is 2. The summed E-state index contributed by atoms with van der Waals surface area (Å²) in [6.07, 6.45) is 0. The number of hydrogen-bond acceptors (Lipinski definition) is 4. The Morgan fingerprint density at radius 3 is 1.95 bits per heavy atom. The molecule has 96 valence electrons. The molecule has 1 aliphatic carbocycles. The first kappa shape index (κ1) is 13.3. The summed E-state index contributed by atoms with van der Waals surface area (Å²) in [5.41, 5.74) is 13.3. The summed E-state index contributed by atoms with van der Waals surface area (Å²) in [6.45, 7) is 0. The standard InChI is InChI=1S/C14H10N2O2.BrH/c15-10-6-5-9-11(12(10)16)14(18)8-4-2-1-3-7(8)13(9)17;/h1-6H,15-16H2;1H. The van der Waals surface area contributed by atoms with Crippen LogP contribution in [0, 0.1) is 0 Å². The van der Waals surface area contributed by atoms with Crippen molar-refractivity contribution in [2.24, 2.45) is 0 Å². The average molecular weight is 319 g/mol. The average Bonchev–Trinajstić information content (AvgIpc) is 2.39. The molecule has 0 radical (unpaired) electrons. The molecular formula is C14H11BrN2O2. The Labute approximate surface area is 120 Å². The van der Waals surface area contributed by atoms with Crippen molar-refractivity contribution in [1.29, 1.82) is 0 Å². The highest BCUT2D eigenvalue weighted by Gasteiger charge is 2.31. The lowest BCUT2D eigenvalue weighted by Gasteiger charge is -2.19. The maximum absolute atomic E-state index is 12.3. The van der Waals surface area contributed by atoms with Gasteiger partial charge in [0.1, 0.15) is 0 Å². The molecule has 4 N–H and O–H groups in total. The van der Waals surface area contributed by atoms with Gasteiger partial charge in [-0.2, -0.15) is 0 Å².